The first-order valence-electron chi connectivity index (χ1n) is 9.67. The minimum Gasteiger partial charge on any atom is -0.454 e. The lowest BCUT2D eigenvalue weighted by Crippen LogP contribution is -2.27. The smallest absolute Gasteiger partial charge is 0.264 e. The summed E-state index contributed by atoms with van der Waals surface area (Å²) in [6, 6.07) is 18.7. The van der Waals surface area contributed by atoms with E-state index in [9.17, 15) is 13.2 Å². The monoisotopic (exact) mass is 438 g/mol. The van der Waals surface area contributed by atoms with Crippen LogP contribution >= 0.6 is 0 Å². The minimum absolute atomic E-state index is 0.200. The number of hydrogen-bond donors (Lipinski definition) is 1. The van der Waals surface area contributed by atoms with Crippen molar-refractivity contribution in [2.45, 2.75) is 18.4 Å². The molecule has 0 saturated heterocycles. The van der Waals surface area contributed by atoms with Crippen molar-refractivity contribution >= 4 is 21.6 Å². The van der Waals surface area contributed by atoms with Crippen molar-refractivity contribution in [3.63, 3.8) is 0 Å². The number of benzene rings is 3. The van der Waals surface area contributed by atoms with Crippen molar-refractivity contribution < 1.29 is 22.7 Å². The maximum absolute atomic E-state index is 12.9. The van der Waals surface area contributed by atoms with Crippen LogP contribution in [0.4, 0.5) is 5.69 Å². The van der Waals surface area contributed by atoms with Gasteiger partial charge >= 0.3 is 0 Å². The molecule has 1 amide bonds. The third kappa shape index (κ3) is 4.20. The highest BCUT2D eigenvalue weighted by Crippen LogP contribution is 2.32. The third-order valence-electron chi connectivity index (χ3n) is 5.09. The fourth-order valence-electron chi connectivity index (χ4n) is 3.37. The highest BCUT2D eigenvalue weighted by molar-refractivity contribution is 7.92. The number of carbonyl (C=O) groups excluding carboxylic acids is 1. The van der Waals surface area contributed by atoms with E-state index in [0.717, 1.165) is 5.56 Å². The lowest BCUT2D eigenvalue weighted by atomic mass is 10.1. The molecule has 0 aliphatic carbocycles. The van der Waals surface area contributed by atoms with Crippen molar-refractivity contribution in [2.75, 3.05) is 18.1 Å². The molecule has 1 N–H and O–H groups in total. The number of nitrogens with zero attached hydrogens (tertiary/aromatic N) is 1. The topological polar surface area (TPSA) is 84.9 Å². The van der Waals surface area contributed by atoms with Crippen LogP contribution in [0.15, 0.2) is 71.6 Å². The van der Waals surface area contributed by atoms with Crippen LogP contribution in [0.1, 0.15) is 21.5 Å². The van der Waals surface area contributed by atoms with Crippen LogP contribution in [0.3, 0.4) is 0 Å². The Morgan fingerprint density at radius 2 is 1.74 bits per heavy atom. The van der Waals surface area contributed by atoms with Gasteiger partial charge in [0, 0.05) is 19.2 Å². The second-order valence-corrected chi connectivity index (χ2v) is 9.13. The van der Waals surface area contributed by atoms with Crippen molar-refractivity contribution in [3.05, 3.63) is 83.4 Å². The molecule has 31 heavy (non-hydrogen) atoms. The minimum atomic E-state index is -3.69. The summed E-state index contributed by atoms with van der Waals surface area (Å²) >= 11 is 0. The Morgan fingerprint density at radius 1 is 1.00 bits per heavy atom. The van der Waals surface area contributed by atoms with Gasteiger partial charge < -0.3 is 14.8 Å². The van der Waals surface area contributed by atoms with Crippen LogP contribution < -0.4 is 19.1 Å². The van der Waals surface area contributed by atoms with E-state index in [-0.39, 0.29) is 17.6 Å². The van der Waals surface area contributed by atoms with Gasteiger partial charge in [0.2, 0.25) is 6.79 Å². The van der Waals surface area contributed by atoms with Gasteiger partial charge in [0.05, 0.1) is 10.6 Å². The Hall–Kier alpha value is -3.52. The molecular formula is C23H22N2O5S. The molecule has 8 heteroatoms. The van der Waals surface area contributed by atoms with Gasteiger partial charge in [0.15, 0.2) is 11.5 Å². The number of aryl methyl sites for hydroxylation is 1. The summed E-state index contributed by atoms with van der Waals surface area (Å²) in [5.41, 5.74) is 2.53. The molecular weight excluding hydrogens is 416 g/mol. The molecule has 0 bridgehead atoms. The zero-order chi connectivity index (χ0) is 22.0. The standard InChI is InChI=1S/C23H22N2O5S/c1-16-12-18(23(26)24-14-17-8-11-21-22(13-17)30-15-29-21)9-10-20(16)25(2)31(27,28)19-6-4-3-5-7-19/h3-13H,14-15H2,1-2H3,(H,24,26). The molecule has 1 aliphatic heterocycles. The molecule has 0 atom stereocenters. The molecule has 3 aromatic carbocycles. The molecule has 0 fully saturated rings. The Balaban J connectivity index is 1.47. The van der Waals surface area contributed by atoms with Crippen molar-refractivity contribution in [1.29, 1.82) is 0 Å². The molecule has 1 heterocycles. The normalized spacial score (nSPS) is 12.5. The number of nitrogens with one attached hydrogen (secondary N) is 1. The van der Waals surface area contributed by atoms with E-state index in [1.165, 1.54) is 11.4 Å². The first kappa shape index (κ1) is 20.7. The molecule has 3 aromatic rings. The Kier molecular flexibility index (Phi) is 5.56. The quantitative estimate of drug-likeness (QED) is 0.637. The van der Waals surface area contributed by atoms with Crippen molar-refractivity contribution in [3.8, 4) is 11.5 Å². The summed E-state index contributed by atoms with van der Waals surface area (Å²) in [4.78, 5) is 12.8. The van der Waals surface area contributed by atoms with Crippen LogP contribution in [0, 0.1) is 6.92 Å². The van der Waals surface area contributed by atoms with Gasteiger partial charge in [-0.15, -0.1) is 0 Å². The molecule has 0 radical (unpaired) electrons. The Morgan fingerprint density at radius 3 is 2.48 bits per heavy atom. The van der Waals surface area contributed by atoms with E-state index >= 15 is 0 Å². The van der Waals surface area contributed by atoms with Crippen LogP contribution in [0.25, 0.3) is 0 Å². The Labute approximate surface area is 181 Å². The van der Waals surface area contributed by atoms with Crippen LogP contribution in [0.5, 0.6) is 11.5 Å². The number of fused-ring (bicyclic) bond motifs is 1. The van der Waals surface area contributed by atoms with E-state index in [0.29, 0.717) is 34.9 Å². The van der Waals surface area contributed by atoms with Gasteiger partial charge in [-0.1, -0.05) is 24.3 Å². The number of rotatable bonds is 6. The van der Waals surface area contributed by atoms with Gasteiger partial charge in [0.25, 0.3) is 15.9 Å². The average molecular weight is 439 g/mol. The van der Waals surface area contributed by atoms with Crippen LogP contribution in [-0.4, -0.2) is 28.2 Å². The fraction of sp³-hybridized carbons (Fsp3) is 0.174. The second-order valence-electron chi connectivity index (χ2n) is 7.16. The first-order chi connectivity index (χ1) is 14.9. The number of hydrogen-bond acceptors (Lipinski definition) is 5. The van der Waals surface area contributed by atoms with E-state index in [4.69, 9.17) is 9.47 Å². The SMILES string of the molecule is Cc1cc(C(=O)NCc2ccc3c(c2)OCO3)ccc1N(C)S(=O)(=O)c1ccccc1. The summed E-state index contributed by atoms with van der Waals surface area (Å²) in [5.74, 6) is 1.10. The van der Waals surface area contributed by atoms with Crippen LogP contribution in [-0.2, 0) is 16.6 Å². The highest BCUT2D eigenvalue weighted by Gasteiger charge is 2.22. The predicted octanol–water partition coefficient (Wildman–Crippen LogP) is 3.48. The lowest BCUT2D eigenvalue weighted by molar-refractivity contribution is 0.0950. The van der Waals surface area contributed by atoms with Gasteiger partial charge in [-0.3, -0.25) is 9.10 Å². The summed E-state index contributed by atoms with van der Waals surface area (Å²) in [6.45, 7) is 2.31. The number of anilines is 1. The fourth-order valence-corrected chi connectivity index (χ4v) is 4.65. The number of carbonyl (C=O) groups is 1. The third-order valence-corrected chi connectivity index (χ3v) is 6.88. The molecule has 0 saturated carbocycles. The van der Waals surface area contributed by atoms with Crippen molar-refractivity contribution in [1.82, 2.24) is 5.32 Å². The number of sulfonamides is 1. The molecule has 0 unspecified atom stereocenters. The molecule has 0 aromatic heterocycles. The first-order valence-corrected chi connectivity index (χ1v) is 11.1. The summed E-state index contributed by atoms with van der Waals surface area (Å²) in [7, 11) is -2.18. The van der Waals surface area contributed by atoms with E-state index in [1.807, 2.05) is 18.2 Å². The number of ether oxygens (including phenoxy) is 2. The largest absolute Gasteiger partial charge is 0.454 e. The van der Waals surface area contributed by atoms with Crippen molar-refractivity contribution in [2.24, 2.45) is 0 Å². The van der Waals surface area contributed by atoms with E-state index in [2.05, 4.69) is 5.32 Å². The molecule has 1 aliphatic rings. The number of amides is 1. The maximum Gasteiger partial charge on any atom is 0.264 e. The molecule has 7 nitrogen and oxygen atoms in total. The van der Waals surface area contributed by atoms with Crippen LogP contribution in [0.2, 0.25) is 0 Å². The van der Waals surface area contributed by atoms with Gasteiger partial charge in [0.1, 0.15) is 0 Å². The summed E-state index contributed by atoms with van der Waals surface area (Å²) < 4.78 is 37.6. The predicted molar refractivity (Wildman–Crippen MR) is 117 cm³/mol. The highest BCUT2D eigenvalue weighted by atomic mass is 32.2. The lowest BCUT2D eigenvalue weighted by Gasteiger charge is -2.22. The van der Waals surface area contributed by atoms with Gasteiger partial charge in [-0.05, 0) is 60.5 Å². The van der Waals surface area contributed by atoms with Gasteiger partial charge in [-0.2, -0.15) is 0 Å². The zero-order valence-electron chi connectivity index (χ0n) is 17.2. The Bertz CT molecular complexity index is 1230. The van der Waals surface area contributed by atoms with E-state index in [1.54, 1.807) is 55.5 Å². The maximum atomic E-state index is 12.9. The molecule has 0 spiro atoms. The van der Waals surface area contributed by atoms with E-state index < -0.39 is 10.0 Å². The average Bonchev–Trinajstić information content (AvgIpc) is 3.25. The molecule has 4 rings (SSSR count). The summed E-state index contributed by atoms with van der Waals surface area (Å²) in [6.07, 6.45) is 0. The zero-order valence-corrected chi connectivity index (χ0v) is 18.0. The molecule has 160 valence electrons. The van der Waals surface area contributed by atoms with Gasteiger partial charge in [-0.25, -0.2) is 8.42 Å². The second kappa shape index (κ2) is 8.31. The summed E-state index contributed by atoms with van der Waals surface area (Å²) in [5, 5.41) is 2.87.